The monoisotopic (exact) mass is 288 g/mol. The molecule has 0 aliphatic carbocycles. The Hall–Kier alpha value is -0.670. The van der Waals surface area contributed by atoms with Gasteiger partial charge in [0, 0.05) is 11.3 Å². The van der Waals surface area contributed by atoms with Gasteiger partial charge in [-0.15, -0.1) is 11.6 Å². The van der Waals surface area contributed by atoms with E-state index in [9.17, 15) is 8.78 Å². The van der Waals surface area contributed by atoms with Crippen molar-refractivity contribution in [1.82, 2.24) is 0 Å². The van der Waals surface area contributed by atoms with E-state index in [4.69, 9.17) is 16.3 Å². The van der Waals surface area contributed by atoms with Crippen LogP contribution in [0.3, 0.4) is 0 Å². The molecule has 1 heterocycles. The van der Waals surface area contributed by atoms with Crippen molar-refractivity contribution in [2.75, 3.05) is 0 Å². The van der Waals surface area contributed by atoms with Crippen molar-refractivity contribution in [3.8, 4) is 0 Å². The molecular weight excluding hydrogens is 270 g/mol. The molecule has 0 amide bonds. The van der Waals surface area contributed by atoms with Crippen molar-refractivity contribution in [2.45, 2.75) is 44.8 Å². The highest BCUT2D eigenvalue weighted by molar-refractivity contribution is 6.21. The van der Waals surface area contributed by atoms with Crippen molar-refractivity contribution in [3.05, 3.63) is 35.4 Å². The second-order valence-electron chi connectivity index (χ2n) is 5.45. The standard InChI is InChI=1S/C15H19ClF2O/c1-8-9(2)19-10(3)15(8)12(16)6-11-4-5-13(17)14(18)7-11/h4-5,7-10,12,15H,6H2,1-3H3. The zero-order chi connectivity index (χ0) is 14.2. The number of alkyl halides is 1. The molecule has 1 fully saturated rings. The normalized spacial score (nSPS) is 32.5. The molecule has 1 aromatic rings. The lowest BCUT2D eigenvalue weighted by Gasteiger charge is -2.24. The van der Waals surface area contributed by atoms with Gasteiger partial charge in [-0.1, -0.05) is 13.0 Å². The van der Waals surface area contributed by atoms with E-state index in [1.807, 2.05) is 13.8 Å². The molecule has 4 heteroatoms. The molecule has 1 saturated heterocycles. The number of hydrogen-bond donors (Lipinski definition) is 0. The van der Waals surface area contributed by atoms with Gasteiger partial charge < -0.3 is 4.74 Å². The quantitative estimate of drug-likeness (QED) is 0.759. The van der Waals surface area contributed by atoms with Crippen molar-refractivity contribution in [3.63, 3.8) is 0 Å². The fourth-order valence-electron chi connectivity index (χ4n) is 2.94. The van der Waals surface area contributed by atoms with Crippen LogP contribution in [-0.4, -0.2) is 17.6 Å². The van der Waals surface area contributed by atoms with E-state index in [-0.39, 0.29) is 23.5 Å². The third-order valence-electron chi connectivity index (χ3n) is 4.15. The van der Waals surface area contributed by atoms with Crippen LogP contribution in [0.4, 0.5) is 8.78 Å². The van der Waals surface area contributed by atoms with E-state index < -0.39 is 11.6 Å². The molecule has 106 valence electrons. The molecule has 1 nitrogen and oxygen atoms in total. The minimum atomic E-state index is -0.825. The fraction of sp³-hybridized carbons (Fsp3) is 0.600. The van der Waals surface area contributed by atoms with Gasteiger partial charge in [0.1, 0.15) is 0 Å². The van der Waals surface area contributed by atoms with Gasteiger partial charge in [-0.3, -0.25) is 0 Å². The van der Waals surface area contributed by atoms with Gasteiger partial charge >= 0.3 is 0 Å². The molecule has 2 rings (SSSR count). The van der Waals surface area contributed by atoms with Crippen LogP contribution in [-0.2, 0) is 11.2 Å². The summed E-state index contributed by atoms with van der Waals surface area (Å²) in [4.78, 5) is 0. The molecule has 0 saturated carbocycles. The van der Waals surface area contributed by atoms with Gasteiger partial charge in [-0.25, -0.2) is 8.78 Å². The Morgan fingerprint density at radius 1 is 1.16 bits per heavy atom. The zero-order valence-electron chi connectivity index (χ0n) is 11.4. The number of rotatable bonds is 3. The first-order valence-electron chi connectivity index (χ1n) is 6.63. The lowest BCUT2D eigenvalue weighted by atomic mass is 9.84. The van der Waals surface area contributed by atoms with Crippen molar-refractivity contribution in [1.29, 1.82) is 0 Å². The van der Waals surface area contributed by atoms with Crippen LogP contribution < -0.4 is 0 Å². The summed E-state index contributed by atoms with van der Waals surface area (Å²) >= 11 is 6.47. The first kappa shape index (κ1) is 14.7. The molecule has 5 unspecified atom stereocenters. The Bertz CT molecular complexity index is 452. The van der Waals surface area contributed by atoms with Crippen LogP contribution in [0.25, 0.3) is 0 Å². The minimum absolute atomic E-state index is 0.0952. The number of benzene rings is 1. The van der Waals surface area contributed by atoms with Gasteiger partial charge in [0.2, 0.25) is 0 Å². The minimum Gasteiger partial charge on any atom is -0.375 e. The summed E-state index contributed by atoms with van der Waals surface area (Å²) in [6, 6.07) is 3.95. The second-order valence-corrected chi connectivity index (χ2v) is 6.01. The molecule has 19 heavy (non-hydrogen) atoms. The first-order chi connectivity index (χ1) is 8.90. The molecule has 0 bridgehead atoms. The Morgan fingerprint density at radius 2 is 1.84 bits per heavy atom. The third kappa shape index (κ3) is 3.09. The second kappa shape index (κ2) is 5.76. The summed E-state index contributed by atoms with van der Waals surface area (Å²) in [7, 11) is 0. The van der Waals surface area contributed by atoms with Gasteiger partial charge in [-0.05, 0) is 43.9 Å². The summed E-state index contributed by atoms with van der Waals surface area (Å²) in [5.41, 5.74) is 0.720. The maximum atomic E-state index is 13.2. The Balaban J connectivity index is 2.08. The third-order valence-corrected chi connectivity index (χ3v) is 4.60. The highest BCUT2D eigenvalue weighted by Gasteiger charge is 2.40. The van der Waals surface area contributed by atoms with E-state index in [0.29, 0.717) is 12.3 Å². The molecule has 0 aromatic heterocycles. The average molecular weight is 289 g/mol. The summed E-state index contributed by atoms with van der Waals surface area (Å²) in [6.07, 6.45) is 0.803. The van der Waals surface area contributed by atoms with Crippen LogP contribution in [0.1, 0.15) is 26.3 Å². The van der Waals surface area contributed by atoms with Crippen LogP contribution in [0.5, 0.6) is 0 Å². The Morgan fingerprint density at radius 3 is 2.37 bits per heavy atom. The molecule has 0 radical (unpaired) electrons. The van der Waals surface area contributed by atoms with Gasteiger partial charge in [0.05, 0.1) is 12.2 Å². The van der Waals surface area contributed by atoms with E-state index in [2.05, 4.69) is 6.92 Å². The summed E-state index contributed by atoms with van der Waals surface area (Å²) in [5, 5.41) is -0.139. The number of hydrogen-bond acceptors (Lipinski definition) is 1. The lowest BCUT2D eigenvalue weighted by molar-refractivity contribution is 0.0508. The topological polar surface area (TPSA) is 9.23 Å². The SMILES string of the molecule is CC1OC(C)C(C(Cl)Cc2ccc(F)c(F)c2)C1C. The molecular formula is C15H19ClF2O. The van der Waals surface area contributed by atoms with E-state index >= 15 is 0 Å². The Labute approximate surface area is 117 Å². The molecule has 1 aromatic carbocycles. The average Bonchev–Trinajstić information content (AvgIpc) is 2.58. The van der Waals surface area contributed by atoms with Crippen LogP contribution in [0.2, 0.25) is 0 Å². The molecule has 0 N–H and O–H groups in total. The van der Waals surface area contributed by atoms with Crippen LogP contribution in [0, 0.1) is 23.5 Å². The lowest BCUT2D eigenvalue weighted by Crippen LogP contribution is -2.28. The number of halogens is 3. The summed E-state index contributed by atoms with van der Waals surface area (Å²) < 4.78 is 31.8. The molecule has 1 aliphatic heterocycles. The fourth-order valence-corrected chi connectivity index (χ4v) is 3.56. The predicted molar refractivity (Wildman–Crippen MR) is 72.4 cm³/mol. The van der Waals surface area contributed by atoms with Crippen LogP contribution >= 0.6 is 11.6 Å². The molecule has 5 atom stereocenters. The predicted octanol–water partition coefficient (Wildman–Crippen LogP) is 4.17. The van der Waals surface area contributed by atoms with E-state index in [0.717, 1.165) is 11.6 Å². The highest BCUT2D eigenvalue weighted by Crippen LogP contribution is 2.37. The van der Waals surface area contributed by atoms with Gasteiger partial charge in [-0.2, -0.15) is 0 Å². The van der Waals surface area contributed by atoms with Gasteiger partial charge in [0.25, 0.3) is 0 Å². The van der Waals surface area contributed by atoms with Crippen molar-refractivity contribution in [2.24, 2.45) is 11.8 Å². The Kier molecular flexibility index (Phi) is 4.46. The zero-order valence-corrected chi connectivity index (χ0v) is 12.1. The molecule has 1 aliphatic rings. The molecule has 0 spiro atoms. The van der Waals surface area contributed by atoms with Gasteiger partial charge in [0.15, 0.2) is 11.6 Å². The first-order valence-corrected chi connectivity index (χ1v) is 7.07. The van der Waals surface area contributed by atoms with E-state index in [1.54, 1.807) is 6.07 Å². The highest BCUT2D eigenvalue weighted by atomic mass is 35.5. The maximum absolute atomic E-state index is 13.2. The number of ether oxygens (including phenoxy) is 1. The maximum Gasteiger partial charge on any atom is 0.159 e. The van der Waals surface area contributed by atoms with Crippen molar-refractivity contribution < 1.29 is 13.5 Å². The smallest absolute Gasteiger partial charge is 0.159 e. The summed E-state index contributed by atoms with van der Waals surface area (Å²) in [6.45, 7) is 6.19. The van der Waals surface area contributed by atoms with Crippen LogP contribution in [0.15, 0.2) is 18.2 Å². The largest absolute Gasteiger partial charge is 0.375 e. The van der Waals surface area contributed by atoms with E-state index in [1.165, 1.54) is 6.07 Å². The summed E-state index contributed by atoms with van der Waals surface area (Å²) in [5.74, 6) is -1.06. The van der Waals surface area contributed by atoms with Crippen molar-refractivity contribution >= 4 is 11.6 Å².